The van der Waals surface area contributed by atoms with Gasteiger partial charge in [-0.15, -0.1) is 12.4 Å². The Bertz CT molecular complexity index is 280. The molecule has 0 fully saturated rings. The molecule has 0 bridgehead atoms. The average Bonchev–Trinajstić information content (AvgIpc) is 2.03. The highest BCUT2D eigenvalue weighted by atomic mass is 79.9. The van der Waals surface area contributed by atoms with Crippen LogP contribution < -0.4 is 5.73 Å². The van der Waals surface area contributed by atoms with Crippen molar-refractivity contribution in [2.75, 3.05) is 6.54 Å². The topological polar surface area (TPSA) is 26.0 Å². The molecule has 0 amide bonds. The second kappa shape index (κ2) is 5.58. The molecule has 0 aliphatic heterocycles. The van der Waals surface area contributed by atoms with Crippen molar-refractivity contribution in [3.8, 4) is 0 Å². The van der Waals surface area contributed by atoms with Gasteiger partial charge in [0, 0.05) is 4.47 Å². The molecule has 13 heavy (non-hydrogen) atoms. The van der Waals surface area contributed by atoms with Crippen molar-refractivity contribution in [2.45, 2.75) is 12.8 Å². The molecule has 0 aliphatic carbocycles. The molecule has 0 radical (unpaired) electrons. The first kappa shape index (κ1) is 12.9. The number of halogens is 3. The molecule has 1 unspecified atom stereocenters. The molecule has 1 atom stereocenters. The first-order valence-corrected chi connectivity index (χ1v) is 4.59. The minimum atomic E-state index is -0.192. The maximum atomic E-state index is 13.2. The lowest BCUT2D eigenvalue weighted by molar-refractivity contribution is 0.590. The average molecular weight is 269 g/mol. The molecule has 1 aromatic rings. The van der Waals surface area contributed by atoms with Gasteiger partial charge in [0.2, 0.25) is 0 Å². The minimum absolute atomic E-state index is 0. The number of benzene rings is 1. The van der Waals surface area contributed by atoms with E-state index >= 15 is 0 Å². The highest BCUT2D eigenvalue weighted by molar-refractivity contribution is 9.10. The number of rotatable bonds is 2. The van der Waals surface area contributed by atoms with Gasteiger partial charge in [0.1, 0.15) is 5.82 Å². The van der Waals surface area contributed by atoms with E-state index < -0.39 is 0 Å². The van der Waals surface area contributed by atoms with Gasteiger partial charge < -0.3 is 5.73 Å². The zero-order chi connectivity index (χ0) is 9.14. The smallest absolute Gasteiger partial charge is 0.127 e. The second-order valence-electron chi connectivity index (χ2n) is 2.80. The lowest BCUT2D eigenvalue weighted by atomic mass is 10.0. The molecule has 1 rings (SSSR count). The van der Waals surface area contributed by atoms with Gasteiger partial charge in [-0.25, -0.2) is 4.39 Å². The molecule has 0 saturated heterocycles. The van der Waals surface area contributed by atoms with Gasteiger partial charge in [-0.2, -0.15) is 0 Å². The lowest BCUT2D eigenvalue weighted by Crippen LogP contribution is -2.10. The Morgan fingerprint density at radius 1 is 1.54 bits per heavy atom. The maximum Gasteiger partial charge on any atom is 0.127 e. The van der Waals surface area contributed by atoms with E-state index in [2.05, 4.69) is 15.9 Å². The molecular formula is C9H12BrClFN. The number of hydrogen-bond acceptors (Lipinski definition) is 1. The molecule has 0 heterocycles. The van der Waals surface area contributed by atoms with Crippen molar-refractivity contribution in [1.29, 1.82) is 0 Å². The molecule has 0 aromatic heterocycles. The predicted molar refractivity (Wildman–Crippen MR) is 58.8 cm³/mol. The Balaban J connectivity index is 0.00000144. The van der Waals surface area contributed by atoms with E-state index in [-0.39, 0.29) is 24.1 Å². The van der Waals surface area contributed by atoms with Crippen LogP contribution in [0.1, 0.15) is 18.4 Å². The summed E-state index contributed by atoms with van der Waals surface area (Å²) in [5, 5.41) is 0. The molecular weight excluding hydrogens is 256 g/mol. The van der Waals surface area contributed by atoms with Crippen molar-refractivity contribution in [3.05, 3.63) is 34.1 Å². The van der Waals surface area contributed by atoms with Crippen molar-refractivity contribution in [2.24, 2.45) is 5.73 Å². The summed E-state index contributed by atoms with van der Waals surface area (Å²) in [6.07, 6.45) is 0. The van der Waals surface area contributed by atoms with Crippen molar-refractivity contribution >= 4 is 28.3 Å². The van der Waals surface area contributed by atoms with E-state index in [1.807, 2.05) is 13.0 Å². The first-order chi connectivity index (χ1) is 5.65. The summed E-state index contributed by atoms with van der Waals surface area (Å²) < 4.78 is 14.0. The Kier molecular flexibility index (Phi) is 5.53. The molecule has 2 N–H and O–H groups in total. The predicted octanol–water partition coefficient (Wildman–Crippen LogP) is 3.07. The Hall–Kier alpha value is -0.120. The van der Waals surface area contributed by atoms with Crippen LogP contribution in [0.4, 0.5) is 4.39 Å². The zero-order valence-corrected chi connectivity index (χ0v) is 9.66. The van der Waals surface area contributed by atoms with Crippen LogP contribution in [0.2, 0.25) is 0 Å². The van der Waals surface area contributed by atoms with E-state index in [4.69, 9.17) is 5.73 Å². The van der Waals surface area contributed by atoms with E-state index in [9.17, 15) is 4.39 Å². The van der Waals surface area contributed by atoms with Crippen molar-refractivity contribution in [3.63, 3.8) is 0 Å². The van der Waals surface area contributed by atoms with Crippen LogP contribution in [0.25, 0.3) is 0 Å². The van der Waals surface area contributed by atoms with Crippen LogP contribution in [0.5, 0.6) is 0 Å². The highest BCUT2D eigenvalue weighted by Crippen LogP contribution is 2.21. The molecule has 0 aliphatic rings. The van der Waals surface area contributed by atoms with E-state index in [1.54, 1.807) is 6.07 Å². The monoisotopic (exact) mass is 267 g/mol. The van der Waals surface area contributed by atoms with Crippen LogP contribution in [-0.4, -0.2) is 6.54 Å². The van der Waals surface area contributed by atoms with E-state index in [0.717, 1.165) is 4.47 Å². The molecule has 0 saturated carbocycles. The van der Waals surface area contributed by atoms with Crippen LogP contribution in [0.15, 0.2) is 22.7 Å². The first-order valence-electron chi connectivity index (χ1n) is 3.80. The number of nitrogens with two attached hydrogens (primary N) is 1. The Morgan fingerprint density at radius 3 is 2.62 bits per heavy atom. The fourth-order valence-corrected chi connectivity index (χ4v) is 1.36. The molecule has 4 heteroatoms. The third-order valence-electron chi connectivity index (χ3n) is 1.85. The molecule has 74 valence electrons. The molecule has 1 nitrogen and oxygen atoms in total. The van der Waals surface area contributed by atoms with Crippen LogP contribution in [0, 0.1) is 5.82 Å². The van der Waals surface area contributed by atoms with Gasteiger partial charge in [-0.1, -0.05) is 28.9 Å². The molecule has 1 aromatic carbocycles. The van der Waals surface area contributed by atoms with E-state index in [1.165, 1.54) is 6.07 Å². The summed E-state index contributed by atoms with van der Waals surface area (Å²) >= 11 is 3.20. The second-order valence-corrected chi connectivity index (χ2v) is 3.72. The SMILES string of the molecule is CC(CN)c1ccc(Br)cc1F.Cl. The number of hydrogen-bond donors (Lipinski definition) is 1. The van der Waals surface area contributed by atoms with Gasteiger partial charge in [0.25, 0.3) is 0 Å². The van der Waals surface area contributed by atoms with Crippen LogP contribution in [-0.2, 0) is 0 Å². The Morgan fingerprint density at radius 2 is 2.15 bits per heavy atom. The van der Waals surface area contributed by atoms with Crippen molar-refractivity contribution in [1.82, 2.24) is 0 Å². The van der Waals surface area contributed by atoms with Gasteiger partial charge in [-0.05, 0) is 30.2 Å². The minimum Gasteiger partial charge on any atom is -0.330 e. The summed E-state index contributed by atoms with van der Waals surface area (Å²) in [5.74, 6) is -0.111. The normalized spacial score (nSPS) is 12.0. The van der Waals surface area contributed by atoms with Crippen LogP contribution >= 0.6 is 28.3 Å². The fraction of sp³-hybridized carbons (Fsp3) is 0.333. The quantitative estimate of drug-likeness (QED) is 0.876. The fourth-order valence-electron chi connectivity index (χ4n) is 1.03. The summed E-state index contributed by atoms with van der Waals surface area (Å²) in [6.45, 7) is 2.38. The van der Waals surface area contributed by atoms with E-state index in [0.29, 0.717) is 12.1 Å². The highest BCUT2D eigenvalue weighted by Gasteiger charge is 2.08. The third-order valence-corrected chi connectivity index (χ3v) is 2.34. The summed E-state index contributed by atoms with van der Waals surface area (Å²) in [6, 6.07) is 5.04. The third kappa shape index (κ3) is 3.25. The standard InChI is InChI=1S/C9H11BrFN.ClH/c1-6(5-12)8-3-2-7(10)4-9(8)11;/h2-4,6H,5,12H2,1H3;1H. The Labute approximate surface area is 92.1 Å². The lowest BCUT2D eigenvalue weighted by Gasteiger charge is -2.09. The summed E-state index contributed by atoms with van der Waals surface area (Å²) in [7, 11) is 0. The maximum absolute atomic E-state index is 13.2. The summed E-state index contributed by atoms with van der Waals surface area (Å²) in [4.78, 5) is 0. The van der Waals surface area contributed by atoms with Crippen LogP contribution in [0.3, 0.4) is 0 Å². The summed E-state index contributed by atoms with van der Waals surface area (Å²) in [5.41, 5.74) is 6.11. The largest absolute Gasteiger partial charge is 0.330 e. The van der Waals surface area contributed by atoms with Crippen molar-refractivity contribution < 1.29 is 4.39 Å². The van der Waals surface area contributed by atoms with Gasteiger partial charge in [0.15, 0.2) is 0 Å². The van der Waals surface area contributed by atoms with Gasteiger partial charge in [0.05, 0.1) is 0 Å². The zero-order valence-electron chi connectivity index (χ0n) is 7.26. The van der Waals surface area contributed by atoms with Gasteiger partial charge in [-0.3, -0.25) is 0 Å². The molecule has 0 spiro atoms. The van der Waals surface area contributed by atoms with Gasteiger partial charge >= 0.3 is 0 Å².